The van der Waals surface area contributed by atoms with Crippen LogP contribution in [0.4, 0.5) is 0 Å². The first-order chi connectivity index (χ1) is 5.59. The Kier molecular flexibility index (Phi) is 2.96. The van der Waals surface area contributed by atoms with Gasteiger partial charge in [0.05, 0.1) is 0 Å². The quantitative estimate of drug-likeness (QED) is 0.650. The zero-order chi connectivity index (χ0) is 9.14. The van der Waals surface area contributed by atoms with Gasteiger partial charge in [0.2, 0.25) is 0 Å². The minimum absolute atomic E-state index is 0.0215. The molecule has 0 aliphatic rings. The molecule has 6 heteroatoms. The van der Waals surface area contributed by atoms with Crippen molar-refractivity contribution >= 4 is 23.3 Å². The molecule has 1 rings (SSSR count). The van der Waals surface area contributed by atoms with Gasteiger partial charge in [-0.25, -0.2) is 0 Å². The fraction of sp³-hybridized carbons (Fsp3) is 0. The summed E-state index contributed by atoms with van der Waals surface area (Å²) < 4.78 is 5.12. The highest BCUT2D eigenvalue weighted by Gasteiger charge is 2.13. The molecule has 1 aromatic carbocycles. The molecule has 0 aliphatic heterocycles. The Morgan fingerprint density at radius 3 is 2.50 bits per heavy atom. The Morgan fingerprint density at radius 2 is 2.00 bits per heavy atom. The molecule has 0 saturated heterocycles. The second-order valence-corrected chi connectivity index (χ2v) is 2.97. The van der Waals surface area contributed by atoms with E-state index in [4.69, 9.17) is 15.2 Å². The SMILES string of the molecule is OB(O)Oc1ccc(Br)cc1O. The van der Waals surface area contributed by atoms with Gasteiger partial charge in [-0.05, 0) is 18.2 Å². The molecule has 0 spiro atoms. The first-order valence-corrected chi connectivity index (χ1v) is 3.90. The van der Waals surface area contributed by atoms with E-state index < -0.39 is 7.32 Å². The maximum atomic E-state index is 9.16. The first-order valence-electron chi connectivity index (χ1n) is 3.11. The Balaban J connectivity index is 2.86. The molecule has 0 amide bonds. The summed E-state index contributed by atoms with van der Waals surface area (Å²) in [7, 11) is -1.92. The van der Waals surface area contributed by atoms with Gasteiger partial charge < -0.3 is 19.8 Å². The van der Waals surface area contributed by atoms with Crippen molar-refractivity contribution in [2.45, 2.75) is 0 Å². The van der Waals surface area contributed by atoms with Gasteiger partial charge in [0.15, 0.2) is 5.75 Å². The summed E-state index contributed by atoms with van der Waals surface area (Å²) in [6, 6.07) is 4.41. The molecule has 1 aromatic rings. The third-order valence-electron chi connectivity index (χ3n) is 1.15. The number of halogens is 1. The average molecular weight is 233 g/mol. The highest BCUT2D eigenvalue weighted by Crippen LogP contribution is 2.28. The number of hydrogen-bond donors (Lipinski definition) is 3. The highest BCUT2D eigenvalue weighted by atomic mass is 79.9. The van der Waals surface area contributed by atoms with E-state index in [9.17, 15) is 0 Å². The van der Waals surface area contributed by atoms with Gasteiger partial charge >= 0.3 is 7.32 Å². The normalized spacial score (nSPS) is 9.58. The van der Waals surface area contributed by atoms with Crippen LogP contribution >= 0.6 is 15.9 Å². The maximum Gasteiger partial charge on any atom is 0.707 e. The van der Waals surface area contributed by atoms with Crippen molar-refractivity contribution in [3.8, 4) is 11.5 Å². The molecule has 12 heavy (non-hydrogen) atoms. The van der Waals surface area contributed by atoms with Gasteiger partial charge in [-0.3, -0.25) is 0 Å². The lowest BCUT2D eigenvalue weighted by Crippen LogP contribution is -2.20. The second kappa shape index (κ2) is 3.80. The van der Waals surface area contributed by atoms with Crippen LogP contribution in [0.2, 0.25) is 0 Å². The van der Waals surface area contributed by atoms with Crippen LogP contribution in [0.15, 0.2) is 22.7 Å². The summed E-state index contributed by atoms with van der Waals surface area (Å²) in [5, 5.41) is 26.0. The molecular formula is C6H6BBrO4. The third-order valence-corrected chi connectivity index (χ3v) is 1.65. The topological polar surface area (TPSA) is 69.9 Å². The second-order valence-electron chi connectivity index (χ2n) is 2.06. The number of benzene rings is 1. The fourth-order valence-corrected chi connectivity index (χ4v) is 1.05. The maximum absolute atomic E-state index is 9.16. The molecule has 4 nitrogen and oxygen atoms in total. The lowest BCUT2D eigenvalue weighted by atomic mass is 10.2. The van der Waals surface area contributed by atoms with E-state index in [2.05, 4.69) is 20.6 Å². The zero-order valence-corrected chi connectivity index (χ0v) is 7.52. The predicted octanol–water partition coefficient (Wildman–Crippen LogP) is 0.503. The molecule has 0 aliphatic carbocycles. The van der Waals surface area contributed by atoms with Crippen LogP contribution in [0, 0.1) is 0 Å². The fourth-order valence-electron chi connectivity index (χ4n) is 0.704. The number of aromatic hydroxyl groups is 1. The van der Waals surface area contributed by atoms with Crippen LogP contribution in [-0.4, -0.2) is 22.5 Å². The van der Waals surface area contributed by atoms with E-state index in [0.29, 0.717) is 4.47 Å². The Hall–Kier alpha value is -0.715. The van der Waals surface area contributed by atoms with Gasteiger partial charge in [0.1, 0.15) is 5.75 Å². The standard InChI is InChI=1S/C6H6BBrO4/c8-4-1-2-6(5(9)3-4)12-7(10)11/h1-3,9-11H. The largest absolute Gasteiger partial charge is 0.707 e. The molecule has 0 heterocycles. The average Bonchev–Trinajstić information content (AvgIpc) is 1.94. The number of rotatable bonds is 2. The molecular weight excluding hydrogens is 227 g/mol. The lowest BCUT2D eigenvalue weighted by Gasteiger charge is -2.06. The monoisotopic (exact) mass is 232 g/mol. The molecule has 0 unspecified atom stereocenters. The van der Waals surface area contributed by atoms with E-state index >= 15 is 0 Å². The van der Waals surface area contributed by atoms with Crippen molar-refractivity contribution in [1.29, 1.82) is 0 Å². The molecule has 0 saturated carbocycles. The van der Waals surface area contributed by atoms with Crippen molar-refractivity contribution in [3.63, 3.8) is 0 Å². The predicted molar refractivity (Wildman–Crippen MR) is 46.6 cm³/mol. The number of phenols is 1. The summed E-state index contributed by atoms with van der Waals surface area (Å²) in [4.78, 5) is 0. The van der Waals surface area contributed by atoms with Gasteiger partial charge in [-0.1, -0.05) is 15.9 Å². The van der Waals surface area contributed by atoms with E-state index in [-0.39, 0.29) is 11.5 Å². The summed E-state index contributed by atoms with van der Waals surface area (Å²) in [6.07, 6.45) is 0. The van der Waals surface area contributed by atoms with E-state index in [1.807, 2.05) is 0 Å². The minimum atomic E-state index is -1.92. The zero-order valence-electron chi connectivity index (χ0n) is 5.94. The van der Waals surface area contributed by atoms with E-state index in [1.165, 1.54) is 12.1 Å². The van der Waals surface area contributed by atoms with Gasteiger partial charge in [0, 0.05) is 4.47 Å². The van der Waals surface area contributed by atoms with Crippen molar-refractivity contribution in [2.75, 3.05) is 0 Å². The van der Waals surface area contributed by atoms with Gasteiger partial charge in [-0.2, -0.15) is 0 Å². The molecule has 64 valence electrons. The summed E-state index contributed by atoms with van der Waals surface area (Å²) in [5.41, 5.74) is 0. The number of phenolic OH excluding ortho intramolecular Hbond substituents is 1. The van der Waals surface area contributed by atoms with Crippen LogP contribution < -0.4 is 4.65 Å². The van der Waals surface area contributed by atoms with Gasteiger partial charge in [0.25, 0.3) is 0 Å². The van der Waals surface area contributed by atoms with Crippen molar-refractivity contribution in [3.05, 3.63) is 22.7 Å². The smallest absolute Gasteiger partial charge is 0.509 e. The van der Waals surface area contributed by atoms with Crippen LogP contribution in [0.25, 0.3) is 0 Å². The Bertz CT molecular complexity index is 278. The molecule has 0 bridgehead atoms. The summed E-state index contributed by atoms with van der Waals surface area (Å²) >= 11 is 3.12. The third kappa shape index (κ3) is 2.40. The number of hydrogen-bond acceptors (Lipinski definition) is 4. The molecule has 0 atom stereocenters. The van der Waals surface area contributed by atoms with Crippen LogP contribution in [-0.2, 0) is 0 Å². The first kappa shape index (κ1) is 9.37. The minimum Gasteiger partial charge on any atom is -0.509 e. The van der Waals surface area contributed by atoms with Crippen LogP contribution in [0.1, 0.15) is 0 Å². The van der Waals surface area contributed by atoms with Crippen molar-refractivity contribution in [2.24, 2.45) is 0 Å². The molecule has 0 fully saturated rings. The van der Waals surface area contributed by atoms with Crippen LogP contribution in [0.3, 0.4) is 0 Å². The Morgan fingerprint density at radius 1 is 1.33 bits per heavy atom. The lowest BCUT2D eigenvalue weighted by molar-refractivity contribution is 0.281. The van der Waals surface area contributed by atoms with E-state index in [0.717, 1.165) is 0 Å². The van der Waals surface area contributed by atoms with Gasteiger partial charge in [-0.15, -0.1) is 0 Å². The van der Waals surface area contributed by atoms with Crippen LogP contribution in [0.5, 0.6) is 11.5 Å². The summed E-state index contributed by atoms with van der Waals surface area (Å²) in [6.45, 7) is 0. The molecule has 3 N–H and O–H groups in total. The van der Waals surface area contributed by atoms with Crippen molar-refractivity contribution < 1.29 is 19.8 Å². The Labute approximate surface area is 77.7 Å². The van der Waals surface area contributed by atoms with E-state index in [1.54, 1.807) is 6.07 Å². The summed E-state index contributed by atoms with van der Waals surface area (Å²) in [5.74, 6) is -0.134. The van der Waals surface area contributed by atoms with Crippen molar-refractivity contribution in [1.82, 2.24) is 0 Å². The highest BCUT2D eigenvalue weighted by molar-refractivity contribution is 9.10. The molecule has 0 aromatic heterocycles. The molecule has 0 radical (unpaired) electrons.